The fourth-order valence-corrected chi connectivity index (χ4v) is 4.13. The predicted molar refractivity (Wildman–Crippen MR) is 140 cm³/mol. The zero-order valence-electron chi connectivity index (χ0n) is 19.2. The molecule has 0 spiro atoms. The molecule has 2 aromatic rings. The standard InChI is InChI=1S/C23H31N7O2.HI/c1-3-24-23(28-12-13-30(22(32)17-28)20-15-26-27(2)16-20)25-14-18-7-9-19(10-8-18)29-11-5-4-6-21(29)31;/h7-10,15-16H,3-6,11-14,17H2,1-2H3,(H,24,25);1H. The maximum Gasteiger partial charge on any atom is 0.246 e. The summed E-state index contributed by atoms with van der Waals surface area (Å²) in [7, 11) is 1.84. The highest BCUT2D eigenvalue weighted by Crippen LogP contribution is 2.22. The van der Waals surface area contributed by atoms with Crippen LogP contribution in [0.15, 0.2) is 41.7 Å². The molecule has 3 heterocycles. The molecule has 1 aromatic carbocycles. The minimum Gasteiger partial charge on any atom is -0.356 e. The number of aromatic nitrogens is 2. The molecular weight excluding hydrogens is 533 g/mol. The number of hydrogen-bond donors (Lipinski definition) is 1. The van der Waals surface area contributed by atoms with E-state index in [4.69, 9.17) is 4.99 Å². The first-order valence-corrected chi connectivity index (χ1v) is 11.3. The summed E-state index contributed by atoms with van der Waals surface area (Å²) in [6.45, 7) is 5.61. The number of piperazine rings is 1. The highest BCUT2D eigenvalue weighted by Gasteiger charge is 2.27. The normalized spacial score (nSPS) is 17.3. The van der Waals surface area contributed by atoms with Gasteiger partial charge in [-0.1, -0.05) is 12.1 Å². The first-order valence-electron chi connectivity index (χ1n) is 11.3. The Bertz CT molecular complexity index is 989. The van der Waals surface area contributed by atoms with Crippen LogP contribution in [0.3, 0.4) is 0 Å². The molecule has 0 unspecified atom stereocenters. The number of halogens is 1. The minimum atomic E-state index is 0. The number of piperidine rings is 1. The van der Waals surface area contributed by atoms with Crippen LogP contribution in [0.5, 0.6) is 0 Å². The molecule has 2 saturated heterocycles. The van der Waals surface area contributed by atoms with Crippen LogP contribution in [0, 0.1) is 0 Å². The van der Waals surface area contributed by atoms with Gasteiger partial charge in [-0.05, 0) is 37.5 Å². The lowest BCUT2D eigenvalue weighted by Crippen LogP contribution is -2.55. The summed E-state index contributed by atoms with van der Waals surface area (Å²) in [5.41, 5.74) is 2.84. The molecule has 1 aromatic heterocycles. The second kappa shape index (κ2) is 11.5. The first-order chi connectivity index (χ1) is 15.5. The summed E-state index contributed by atoms with van der Waals surface area (Å²) in [5.74, 6) is 0.971. The third kappa shape index (κ3) is 6.04. The van der Waals surface area contributed by atoms with Gasteiger partial charge in [-0.25, -0.2) is 4.99 Å². The molecule has 178 valence electrons. The highest BCUT2D eigenvalue weighted by molar-refractivity contribution is 14.0. The van der Waals surface area contributed by atoms with Crippen LogP contribution in [0.1, 0.15) is 31.7 Å². The smallest absolute Gasteiger partial charge is 0.246 e. The maximum absolute atomic E-state index is 12.7. The molecule has 0 aliphatic carbocycles. The number of amides is 2. The van der Waals surface area contributed by atoms with E-state index in [0.717, 1.165) is 48.8 Å². The van der Waals surface area contributed by atoms with E-state index < -0.39 is 0 Å². The van der Waals surface area contributed by atoms with Crippen molar-refractivity contribution in [2.45, 2.75) is 32.7 Å². The number of rotatable bonds is 5. The molecule has 2 aliphatic rings. The van der Waals surface area contributed by atoms with Crippen LogP contribution >= 0.6 is 24.0 Å². The van der Waals surface area contributed by atoms with Crippen LogP contribution in [-0.4, -0.2) is 65.2 Å². The van der Waals surface area contributed by atoms with E-state index in [0.29, 0.717) is 26.1 Å². The number of anilines is 2. The monoisotopic (exact) mass is 565 g/mol. The predicted octanol–water partition coefficient (Wildman–Crippen LogP) is 2.37. The fourth-order valence-electron chi connectivity index (χ4n) is 4.13. The summed E-state index contributed by atoms with van der Waals surface area (Å²) >= 11 is 0. The van der Waals surface area contributed by atoms with E-state index in [1.165, 1.54) is 0 Å². The third-order valence-electron chi connectivity index (χ3n) is 5.84. The molecule has 2 amide bonds. The van der Waals surface area contributed by atoms with Crippen LogP contribution in [0.4, 0.5) is 11.4 Å². The van der Waals surface area contributed by atoms with Gasteiger partial charge in [0.05, 0.1) is 18.4 Å². The summed E-state index contributed by atoms with van der Waals surface area (Å²) in [6.07, 6.45) is 6.23. The quantitative estimate of drug-likeness (QED) is 0.342. The zero-order chi connectivity index (χ0) is 22.5. The molecule has 10 heteroatoms. The molecule has 0 radical (unpaired) electrons. The van der Waals surface area contributed by atoms with E-state index in [-0.39, 0.29) is 42.3 Å². The van der Waals surface area contributed by atoms with E-state index in [9.17, 15) is 9.59 Å². The van der Waals surface area contributed by atoms with E-state index in [1.807, 2.05) is 54.2 Å². The number of carbonyl (C=O) groups is 2. The van der Waals surface area contributed by atoms with Crippen molar-refractivity contribution in [1.29, 1.82) is 0 Å². The second-order valence-corrected chi connectivity index (χ2v) is 8.18. The van der Waals surface area contributed by atoms with Crippen molar-refractivity contribution >= 4 is 53.1 Å². The van der Waals surface area contributed by atoms with Crippen molar-refractivity contribution in [1.82, 2.24) is 20.0 Å². The van der Waals surface area contributed by atoms with Crippen LogP contribution in [0.2, 0.25) is 0 Å². The van der Waals surface area contributed by atoms with Crippen LogP contribution in [-0.2, 0) is 23.2 Å². The first kappa shape index (κ1) is 25.0. The Morgan fingerprint density at radius 3 is 2.42 bits per heavy atom. The van der Waals surface area contributed by atoms with Gasteiger partial charge in [0.25, 0.3) is 0 Å². The lowest BCUT2D eigenvalue weighted by atomic mass is 10.1. The van der Waals surface area contributed by atoms with Gasteiger partial charge in [0, 0.05) is 51.5 Å². The summed E-state index contributed by atoms with van der Waals surface area (Å²) in [4.78, 5) is 35.3. The zero-order valence-corrected chi connectivity index (χ0v) is 21.6. The Labute approximate surface area is 211 Å². The number of nitrogens with one attached hydrogen (secondary N) is 1. The number of nitrogens with zero attached hydrogens (tertiary/aromatic N) is 6. The Morgan fingerprint density at radius 2 is 1.79 bits per heavy atom. The Morgan fingerprint density at radius 1 is 1.03 bits per heavy atom. The molecule has 4 rings (SSSR count). The largest absolute Gasteiger partial charge is 0.356 e. The SMILES string of the molecule is CCNC(=NCc1ccc(N2CCCCC2=O)cc1)N1CCN(c2cnn(C)c2)C(=O)C1.I. The molecule has 33 heavy (non-hydrogen) atoms. The van der Waals surface area contributed by atoms with Gasteiger partial charge in [-0.15, -0.1) is 24.0 Å². The average molecular weight is 565 g/mol. The number of benzene rings is 1. The Hall–Kier alpha value is -2.63. The number of carbonyl (C=O) groups excluding carboxylic acids is 2. The summed E-state index contributed by atoms with van der Waals surface area (Å²) < 4.78 is 1.70. The van der Waals surface area contributed by atoms with Crippen molar-refractivity contribution in [3.05, 3.63) is 42.2 Å². The summed E-state index contributed by atoms with van der Waals surface area (Å²) in [5, 5.41) is 7.47. The van der Waals surface area contributed by atoms with E-state index in [1.54, 1.807) is 15.8 Å². The molecule has 9 nitrogen and oxygen atoms in total. The van der Waals surface area contributed by atoms with Crippen LogP contribution in [0.25, 0.3) is 0 Å². The van der Waals surface area contributed by atoms with E-state index >= 15 is 0 Å². The van der Waals surface area contributed by atoms with Gasteiger partial charge in [0.2, 0.25) is 11.8 Å². The lowest BCUT2D eigenvalue weighted by molar-refractivity contribution is -0.120. The third-order valence-corrected chi connectivity index (χ3v) is 5.84. The van der Waals surface area contributed by atoms with Crippen molar-refractivity contribution in [2.75, 3.05) is 42.5 Å². The van der Waals surface area contributed by atoms with Gasteiger partial charge >= 0.3 is 0 Å². The molecule has 0 saturated carbocycles. The maximum atomic E-state index is 12.7. The van der Waals surface area contributed by atoms with Gasteiger partial charge in [0.15, 0.2) is 5.96 Å². The number of guanidine groups is 1. The molecule has 0 bridgehead atoms. The number of aryl methyl sites for hydroxylation is 1. The van der Waals surface area contributed by atoms with Gasteiger partial charge < -0.3 is 20.0 Å². The Kier molecular flexibility index (Phi) is 8.70. The topological polar surface area (TPSA) is 86.1 Å². The van der Waals surface area contributed by atoms with Crippen molar-refractivity contribution < 1.29 is 9.59 Å². The molecule has 2 aliphatic heterocycles. The Balaban J connectivity index is 0.00000306. The van der Waals surface area contributed by atoms with Crippen molar-refractivity contribution in [3.63, 3.8) is 0 Å². The molecule has 0 atom stereocenters. The van der Waals surface area contributed by atoms with Gasteiger partial charge in [-0.3, -0.25) is 14.3 Å². The minimum absolute atomic E-state index is 0. The molecular formula is C23H32IN7O2. The number of aliphatic imine (C=N–C) groups is 1. The average Bonchev–Trinajstić information content (AvgIpc) is 3.23. The highest BCUT2D eigenvalue weighted by atomic mass is 127. The van der Waals surface area contributed by atoms with Gasteiger partial charge in [0.1, 0.15) is 6.54 Å². The van der Waals surface area contributed by atoms with Crippen LogP contribution < -0.4 is 15.1 Å². The van der Waals surface area contributed by atoms with Gasteiger partial charge in [-0.2, -0.15) is 5.10 Å². The number of hydrogen-bond acceptors (Lipinski definition) is 4. The fraction of sp³-hybridized carbons (Fsp3) is 0.478. The van der Waals surface area contributed by atoms with Crippen molar-refractivity contribution in [3.8, 4) is 0 Å². The van der Waals surface area contributed by atoms with Crippen molar-refractivity contribution in [2.24, 2.45) is 12.0 Å². The molecule has 1 N–H and O–H groups in total. The second-order valence-electron chi connectivity index (χ2n) is 8.18. The van der Waals surface area contributed by atoms with E-state index in [2.05, 4.69) is 10.4 Å². The summed E-state index contributed by atoms with van der Waals surface area (Å²) in [6, 6.07) is 8.04. The lowest BCUT2D eigenvalue weighted by Gasteiger charge is -2.35. The molecule has 2 fully saturated rings.